The first-order valence-corrected chi connectivity index (χ1v) is 10.8. The molecule has 3 aromatic rings. The van der Waals surface area contributed by atoms with Gasteiger partial charge in [0.2, 0.25) is 17.0 Å². The van der Waals surface area contributed by atoms with Crippen molar-refractivity contribution in [1.29, 1.82) is 0 Å². The Morgan fingerprint density at radius 2 is 2.17 bits per heavy atom. The maximum Gasteiger partial charge on any atom is 0.283 e. The summed E-state index contributed by atoms with van der Waals surface area (Å²) >= 11 is 1.37. The van der Waals surface area contributed by atoms with E-state index in [1.165, 1.54) is 24.6 Å². The molecule has 3 aromatic heterocycles. The fraction of sp³-hybridized carbons (Fsp3) is 0.556. The average Bonchev–Trinajstić information content (AvgIpc) is 3.52. The molecule has 0 aromatic carbocycles. The van der Waals surface area contributed by atoms with E-state index in [0.29, 0.717) is 35.3 Å². The molecule has 1 fully saturated rings. The minimum Gasteiger partial charge on any atom is -0.459 e. The molecule has 0 spiro atoms. The highest BCUT2D eigenvalue weighted by atomic mass is 32.2. The van der Waals surface area contributed by atoms with Gasteiger partial charge in [0.05, 0.1) is 24.6 Å². The topological polar surface area (TPSA) is 116 Å². The molecule has 0 radical (unpaired) electrons. The minimum absolute atomic E-state index is 0.0180. The monoisotopic (exact) mass is 417 g/mol. The lowest BCUT2D eigenvalue weighted by Gasteiger charge is -2.20. The summed E-state index contributed by atoms with van der Waals surface area (Å²) in [6, 6.07) is 3.84. The Kier molecular flexibility index (Phi) is 6.23. The van der Waals surface area contributed by atoms with Gasteiger partial charge in [-0.05, 0) is 41.8 Å². The zero-order valence-electron chi connectivity index (χ0n) is 16.2. The molecule has 3 heterocycles. The molecular weight excluding hydrogens is 394 g/mol. The predicted molar refractivity (Wildman–Crippen MR) is 104 cm³/mol. The quantitative estimate of drug-likeness (QED) is 0.484. The van der Waals surface area contributed by atoms with Gasteiger partial charge in [-0.15, -0.1) is 15.3 Å². The Bertz CT molecular complexity index is 918. The van der Waals surface area contributed by atoms with Crippen molar-refractivity contribution in [3.63, 3.8) is 0 Å². The highest BCUT2D eigenvalue weighted by molar-refractivity contribution is 7.99. The van der Waals surface area contributed by atoms with Gasteiger partial charge in [-0.25, -0.2) is 4.68 Å². The van der Waals surface area contributed by atoms with Gasteiger partial charge < -0.3 is 13.7 Å². The Labute approximate surface area is 172 Å². The molecule has 1 amide bonds. The van der Waals surface area contributed by atoms with E-state index in [9.17, 15) is 4.79 Å². The second kappa shape index (κ2) is 9.21. The number of carbonyl (C=O) groups is 1. The van der Waals surface area contributed by atoms with Crippen molar-refractivity contribution in [2.75, 3.05) is 12.3 Å². The zero-order valence-corrected chi connectivity index (χ0v) is 17.0. The maximum atomic E-state index is 12.8. The second-order valence-electron chi connectivity index (χ2n) is 6.93. The third-order valence-corrected chi connectivity index (χ3v) is 5.75. The van der Waals surface area contributed by atoms with Gasteiger partial charge in [-0.1, -0.05) is 31.5 Å². The van der Waals surface area contributed by atoms with Crippen LogP contribution in [-0.2, 0) is 11.3 Å². The van der Waals surface area contributed by atoms with Crippen LogP contribution in [0.3, 0.4) is 0 Å². The maximum absolute atomic E-state index is 12.8. The van der Waals surface area contributed by atoms with Gasteiger partial charge in [0.15, 0.2) is 5.76 Å². The van der Waals surface area contributed by atoms with Gasteiger partial charge in [0.25, 0.3) is 5.89 Å². The summed E-state index contributed by atoms with van der Waals surface area (Å²) in [4.78, 5) is 14.5. The first-order chi connectivity index (χ1) is 14.2. The molecule has 1 aliphatic rings. The molecule has 1 aliphatic carbocycles. The summed E-state index contributed by atoms with van der Waals surface area (Å²) < 4.78 is 12.8. The molecule has 4 rings (SSSR count). The number of nitrogens with zero attached hydrogens (tertiary/aromatic N) is 7. The molecule has 0 aliphatic heterocycles. The first-order valence-electron chi connectivity index (χ1n) is 9.79. The summed E-state index contributed by atoms with van der Waals surface area (Å²) in [7, 11) is 0. The molecule has 0 unspecified atom stereocenters. The highest BCUT2D eigenvalue weighted by Gasteiger charge is 2.23. The van der Waals surface area contributed by atoms with Crippen LogP contribution in [-0.4, -0.2) is 53.5 Å². The van der Waals surface area contributed by atoms with E-state index >= 15 is 0 Å². The van der Waals surface area contributed by atoms with E-state index in [1.54, 1.807) is 23.3 Å². The van der Waals surface area contributed by atoms with Crippen molar-refractivity contribution in [1.82, 2.24) is 35.3 Å². The average molecular weight is 417 g/mol. The van der Waals surface area contributed by atoms with Gasteiger partial charge in [0.1, 0.15) is 0 Å². The van der Waals surface area contributed by atoms with Gasteiger partial charge in [0, 0.05) is 6.54 Å². The summed E-state index contributed by atoms with van der Waals surface area (Å²) in [6.07, 6.45) is 6.94. The van der Waals surface area contributed by atoms with Crippen LogP contribution in [0, 0.1) is 0 Å². The molecule has 0 saturated heterocycles. The van der Waals surface area contributed by atoms with Crippen LogP contribution in [0.1, 0.15) is 51.0 Å². The third kappa shape index (κ3) is 4.66. The van der Waals surface area contributed by atoms with Crippen molar-refractivity contribution in [2.24, 2.45) is 0 Å². The summed E-state index contributed by atoms with van der Waals surface area (Å²) in [5.41, 5.74) is 0. The molecule has 1 saturated carbocycles. The SMILES string of the molecule is CCCN(Cc1nnc(-c2ccco2)o1)C(=O)CSc1nnnn1C1CCCC1. The van der Waals surface area contributed by atoms with Crippen LogP contribution in [0.4, 0.5) is 0 Å². The number of furan rings is 1. The lowest BCUT2D eigenvalue weighted by Crippen LogP contribution is -2.33. The van der Waals surface area contributed by atoms with Crippen molar-refractivity contribution in [3.8, 4) is 11.7 Å². The van der Waals surface area contributed by atoms with Crippen LogP contribution in [0.2, 0.25) is 0 Å². The second-order valence-corrected chi connectivity index (χ2v) is 7.87. The number of tetrazole rings is 1. The number of hydrogen-bond acceptors (Lipinski definition) is 9. The van der Waals surface area contributed by atoms with Gasteiger partial charge in [-0.2, -0.15) is 0 Å². The van der Waals surface area contributed by atoms with Crippen LogP contribution in [0.5, 0.6) is 0 Å². The number of amides is 1. The van der Waals surface area contributed by atoms with E-state index in [2.05, 4.69) is 25.7 Å². The fourth-order valence-electron chi connectivity index (χ4n) is 3.42. The Morgan fingerprint density at radius 1 is 1.31 bits per heavy atom. The molecule has 11 heteroatoms. The van der Waals surface area contributed by atoms with Crippen molar-refractivity contribution in [3.05, 3.63) is 24.3 Å². The number of thioether (sulfide) groups is 1. The third-order valence-electron chi connectivity index (χ3n) is 4.83. The standard InChI is InChI=1S/C18H23N7O3S/c1-2-9-24(11-15-19-20-17(28-15)14-8-5-10-27-14)16(26)12-29-18-21-22-23-25(18)13-6-3-4-7-13/h5,8,10,13H,2-4,6-7,9,11-12H2,1H3. The largest absolute Gasteiger partial charge is 0.459 e. The van der Waals surface area contributed by atoms with E-state index in [1.807, 2.05) is 11.6 Å². The Morgan fingerprint density at radius 3 is 2.93 bits per heavy atom. The zero-order chi connectivity index (χ0) is 20.1. The Balaban J connectivity index is 1.37. The van der Waals surface area contributed by atoms with Crippen LogP contribution in [0.15, 0.2) is 32.4 Å². The Hall–Kier alpha value is -2.69. The van der Waals surface area contributed by atoms with Crippen LogP contribution < -0.4 is 0 Å². The number of hydrogen-bond donors (Lipinski definition) is 0. The van der Waals surface area contributed by atoms with E-state index in [-0.39, 0.29) is 18.2 Å². The molecular formula is C18H23N7O3S. The smallest absolute Gasteiger partial charge is 0.283 e. The summed E-state index contributed by atoms with van der Waals surface area (Å²) in [5, 5.41) is 20.7. The number of aromatic nitrogens is 6. The number of carbonyl (C=O) groups excluding carboxylic acids is 1. The lowest BCUT2D eigenvalue weighted by atomic mass is 10.3. The fourth-order valence-corrected chi connectivity index (χ4v) is 4.27. The molecule has 29 heavy (non-hydrogen) atoms. The van der Waals surface area contributed by atoms with E-state index < -0.39 is 0 Å². The van der Waals surface area contributed by atoms with Crippen molar-refractivity contribution < 1.29 is 13.6 Å². The molecule has 154 valence electrons. The normalized spacial score (nSPS) is 14.5. The van der Waals surface area contributed by atoms with Gasteiger partial charge in [-0.3, -0.25) is 4.79 Å². The highest BCUT2D eigenvalue weighted by Crippen LogP contribution is 2.31. The molecule has 10 nitrogen and oxygen atoms in total. The van der Waals surface area contributed by atoms with E-state index in [0.717, 1.165) is 19.3 Å². The van der Waals surface area contributed by atoms with Gasteiger partial charge >= 0.3 is 0 Å². The first kappa shape index (κ1) is 19.6. The van der Waals surface area contributed by atoms with Crippen molar-refractivity contribution >= 4 is 17.7 Å². The molecule has 0 bridgehead atoms. The summed E-state index contributed by atoms with van der Waals surface area (Å²) in [5.74, 6) is 1.42. The van der Waals surface area contributed by atoms with Crippen molar-refractivity contribution in [2.45, 2.75) is 56.8 Å². The summed E-state index contributed by atoms with van der Waals surface area (Å²) in [6.45, 7) is 2.89. The predicted octanol–water partition coefficient (Wildman–Crippen LogP) is 2.96. The number of rotatable bonds is 9. The lowest BCUT2D eigenvalue weighted by molar-refractivity contribution is -0.129. The molecule has 0 atom stereocenters. The minimum atomic E-state index is -0.0180. The van der Waals surface area contributed by atoms with Crippen LogP contribution >= 0.6 is 11.8 Å². The van der Waals surface area contributed by atoms with Crippen LogP contribution in [0.25, 0.3) is 11.7 Å². The van der Waals surface area contributed by atoms with E-state index in [4.69, 9.17) is 8.83 Å². The molecule has 0 N–H and O–H groups in total.